The van der Waals surface area contributed by atoms with Crippen molar-refractivity contribution in [2.75, 3.05) is 30.7 Å². The maximum absolute atomic E-state index is 12.0. The molecule has 0 bridgehead atoms. The number of benzene rings is 1. The molecule has 0 saturated carbocycles. The third kappa shape index (κ3) is 7.68. The SMILES string of the molecule is CCCNCCCCS(=O)(=O)Nc1cc(Br)cc(OC)c1. The second-order valence-electron chi connectivity index (χ2n) is 4.76. The molecule has 21 heavy (non-hydrogen) atoms. The zero-order chi connectivity index (χ0) is 15.7. The lowest BCUT2D eigenvalue weighted by Crippen LogP contribution is -2.19. The van der Waals surface area contributed by atoms with E-state index in [0.717, 1.165) is 30.4 Å². The molecule has 0 amide bonds. The molecule has 2 N–H and O–H groups in total. The van der Waals surface area contributed by atoms with E-state index in [1.165, 1.54) is 0 Å². The van der Waals surface area contributed by atoms with E-state index >= 15 is 0 Å². The van der Waals surface area contributed by atoms with E-state index in [1.807, 2.05) is 0 Å². The quantitative estimate of drug-likeness (QED) is 0.614. The molecule has 0 unspecified atom stereocenters. The summed E-state index contributed by atoms with van der Waals surface area (Å²) < 4.78 is 32.5. The van der Waals surface area contributed by atoms with Gasteiger partial charge < -0.3 is 10.1 Å². The number of ether oxygens (including phenoxy) is 1. The molecule has 0 atom stereocenters. The van der Waals surface area contributed by atoms with E-state index in [1.54, 1.807) is 25.3 Å². The Hall–Kier alpha value is -0.790. The molecule has 1 rings (SSSR count). The highest BCUT2D eigenvalue weighted by molar-refractivity contribution is 9.10. The Morgan fingerprint density at radius 1 is 1.19 bits per heavy atom. The van der Waals surface area contributed by atoms with Gasteiger partial charge in [-0.3, -0.25) is 4.72 Å². The average molecular weight is 379 g/mol. The Kier molecular flexibility index (Phi) is 8.06. The summed E-state index contributed by atoms with van der Waals surface area (Å²) in [4.78, 5) is 0. The molecule has 0 aliphatic rings. The number of rotatable bonds is 10. The monoisotopic (exact) mass is 378 g/mol. The van der Waals surface area contributed by atoms with E-state index in [-0.39, 0.29) is 5.75 Å². The molecule has 0 aromatic heterocycles. The standard InChI is InChI=1S/C14H23BrN2O3S/c1-3-6-16-7-4-5-8-21(18,19)17-13-9-12(15)10-14(11-13)20-2/h9-11,16-17H,3-8H2,1-2H3. The maximum atomic E-state index is 12.0. The van der Waals surface area contributed by atoms with E-state index in [9.17, 15) is 8.42 Å². The molecule has 120 valence electrons. The Bertz CT molecular complexity index is 535. The van der Waals surface area contributed by atoms with Crippen LogP contribution in [0.4, 0.5) is 5.69 Å². The average Bonchev–Trinajstić information content (AvgIpc) is 2.41. The normalized spacial score (nSPS) is 11.4. The summed E-state index contributed by atoms with van der Waals surface area (Å²) in [6.45, 7) is 3.94. The van der Waals surface area contributed by atoms with Crippen LogP contribution in [-0.4, -0.2) is 34.4 Å². The lowest BCUT2D eigenvalue weighted by molar-refractivity contribution is 0.415. The molecule has 0 fully saturated rings. The molecule has 0 aliphatic carbocycles. The third-order valence-electron chi connectivity index (χ3n) is 2.82. The van der Waals surface area contributed by atoms with Gasteiger partial charge in [0.05, 0.1) is 18.6 Å². The molecule has 1 aromatic rings. The topological polar surface area (TPSA) is 67.4 Å². The number of halogens is 1. The Balaban J connectivity index is 2.47. The predicted molar refractivity (Wildman–Crippen MR) is 90.5 cm³/mol. The van der Waals surface area contributed by atoms with Crippen molar-refractivity contribution >= 4 is 31.6 Å². The number of unbranched alkanes of at least 4 members (excludes halogenated alkanes) is 1. The largest absolute Gasteiger partial charge is 0.497 e. The van der Waals surface area contributed by atoms with Gasteiger partial charge in [0.2, 0.25) is 10.0 Å². The van der Waals surface area contributed by atoms with Gasteiger partial charge >= 0.3 is 0 Å². The fraction of sp³-hybridized carbons (Fsp3) is 0.571. The highest BCUT2D eigenvalue weighted by Gasteiger charge is 2.11. The second kappa shape index (κ2) is 9.27. The van der Waals surface area contributed by atoms with Gasteiger partial charge in [0.15, 0.2) is 0 Å². The van der Waals surface area contributed by atoms with Crippen LogP contribution in [-0.2, 0) is 10.0 Å². The Morgan fingerprint density at radius 3 is 2.62 bits per heavy atom. The van der Waals surface area contributed by atoms with Gasteiger partial charge in [-0.25, -0.2) is 8.42 Å². The number of anilines is 1. The van der Waals surface area contributed by atoms with E-state index in [4.69, 9.17) is 4.74 Å². The minimum Gasteiger partial charge on any atom is -0.497 e. The molecule has 5 nitrogen and oxygen atoms in total. The second-order valence-corrected chi connectivity index (χ2v) is 7.52. The minimum absolute atomic E-state index is 0.121. The first-order valence-corrected chi connectivity index (χ1v) is 9.47. The zero-order valence-electron chi connectivity index (χ0n) is 12.5. The van der Waals surface area contributed by atoms with Crippen molar-refractivity contribution in [1.29, 1.82) is 0 Å². The van der Waals surface area contributed by atoms with E-state index in [0.29, 0.717) is 17.9 Å². The molecule has 1 aromatic carbocycles. The van der Waals surface area contributed by atoms with Crippen LogP contribution in [0, 0.1) is 0 Å². The molecule has 0 radical (unpaired) electrons. The van der Waals surface area contributed by atoms with Gasteiger partial charge in [-0.1, -0.05) is 22.9 Å². The van der Waals surface area contributed by atoms with Gasteiger partial charge in [-0.15, -0.1) is 0 Å². The summed E-state index contributed by atoms with van der Waals surface area (Å²) in [5, 5.41) is 3.26. The van der Waals surface area contributed by atoms with Gasteiger partial charge in [0.1, 0.15) is 5.75 Å². The lowest BCUT2D eigenvalue weighted by Gasteiger charge is -2.10. The zero-order valence-corrected chi connectivity index (χ0v) is 14.9. The van der Waals surface area contributed by atoms with Gasteiger partial charge in [0.25, 0.3) is 0 Å². The maximum Gasteiger partial charge on any atom is 0.232 e. The lowest BCUT2D eigenvalue weighted by atomic mass is 10.3. The summed E-state index contributed by atoms with van der Waals surface area (Å²) in [6.07, 6.45) is 2.57. The number of methoxy groups -OCH3 is 1. The van der Waals surface area contributed by atoms with Crippen LogP contribution in [0.3, 0.4) is 0 Å². The fourth-order valence-electron chi connectivity index (χ4n) is 1.81. The van der Waals surface area contributed by atoms with Crippen molar-refractivity contribution in [1.82, 2.24) is 5.32 Å². The smallest absolute Gasteiger partial charge is 0.232 e. The summed E-state index contributed by atoms with van der Waals surface area (Å²) in [6, 6.07) is 5.14. The first-order valence-electron chi connectivity index (χ1n) is 7.02. The predicted octanol–water partition coefficient (Wildman–Crippen LogP) is 2.98. The van der Waals surface area contributed by atoms with E-state index < -0.39 is 10.0 Å². The van der Waals surface area contributed by atoms with Crippen molar-refractivity contribution < 1.29 is 13.2 Å². The molecular formula is C14H23BrN2O3S. The van der Waals surface area contributed by atoms with Crippen LogP contribution in [0.2, 0.25) is 0 Å². The van der Waals surface area contributed by atoms with E-state index in [2.05, 4.69) is 32.9 Å². The van der Waals surface area contributed by atoms with Crippen molar-refractivity contribution in [3.05, 3.63) is 22.7 Å². The molecule has 0 aliphatic heterocycles. The first-order chi connectivity index (χ1) is 9.96. The summed E-state index contributed by atoms with van der Waals surface area (Å²) in [5.41, 5.74) is 0.505. The molecule has 0 heterocycles. The van der Waals surface area contributed by atoms with Crippen molar-refractivity contribution in [2.24, 2.45) is 0 Å². The number of sulfonamides is 1. The van der Waals surface area contributed by atoms with Gasteiger partial charge in [0, 0.05) is 10.5 Å². The minimum atomic E-state index is -3.32. The summed E-state index contributed by atoms with van der Waals surface area (Å²) in [5.74, 6) is 0.723. The van der Waals surface area contributed by atoms with Crippen molar-refractivity contribution in [3.8, 4) is 5.75 Å². The van der Waals surface area contributed by atoms with Crippen LogP contribution in [0.15, 0.2) is 22.7 Å². The highest BCUT2D eigenvalue weighted by atomic mass is 79.9. The van der Waals surface area contributed by atoms with Crippen LogP contribution >= 0.6 is 15.9 Å². The van der Waals surface area contributed by atoms with Crippen molar-refractivity contribution in [2.45, 2.75) is 26.2 Å². The molecule has 7 heteroatoms. The molecule has 0 spiro atoms. The van der Waals surface area contributed by atoms with Gasteiger partial charge in [-0.05, 0) is 44.5 Å². The van der Waals surface area contributed by atoms with Crippen LogP contribution < -0.4 is 14.8 Å². The third-order valence-corrected chi connectivity index (χ3v) is 4.65. The van der Waals surface area contributed by atoms with Crippen molar-refractivity contribution in [3.63, 3.8) is 0 Å². The van der Waals surface area contributed by atoms with Crippen LogP contribution in [0.25, 0.3) is 0 Å². The van der Waals surface area contributed by atoms with Crippen LogP contribution in [0.5, 0.6) is 5.75 Å². The summed E-state index contributed by atoms with van der Waals surface area (Å²) in [7, 11) is -1.78. The number of hydrogen-bond donors (Lipinski definition) is 2. The summed E-state index contributed by atoms with van der Waals surface area (Å²) >= 11 is 3.33. The Morgan fingerprint density at radius 2 is 1.95 bits per heavy atom. The first kappa shape index (κ1) is 18.3. The number of nitrogens with one attached hydrogen (secondary N) is 2. The Labute approximate surface area is 135 Å². The number of hydrogen-bond acceptors (Lipinski definition) is 4. The fourth-order valence-corrected chi connectivity index (χ4v) is 3.45. The van der Waals surface area contributed by atoms with Gasteiger partial charge in [-0.2, -0.15) is 0 Å². The molecular weight excluding hydrogens is 356 g/mol. The van der Waals surface area contributed by atoms with Crippen LogP contribution in [0.1, 0.15) is 26.2 Å². The highest BCUT2D eigenvalue weighted by Crippen LogP contribution is 2.25. The molecule has 0 saturated heterocycles.